The molecule has 1 saturated heterocycles. The van der Waals surface area contributed by atoms with Gasteiger partial charge in [-0.15, -0.1) is 0 Å². The van der Waals surface area contributed by atoms with E-state index in [0.717, 1.165) is 44.1 Å². The zero-order valence-electron chi connectivity index (χ0n) is 10.2. The third kappa shape index (κ3) is 3.06. The minimum Gasteiger partial charge on any atom is -0.396 e. The molecule has 5 heteroatoms. The Labute approximate surface area is 101 Å². The molecule has 2 heterocycles. The molecule has 0 saturated carbocycles. The summed E-state index contributed by atoms with van der Waals surface area (Å²) < 4.78 is 10.4. The summed E-state index contributed by atoms with van der Waals surface area (Å²) in [5, 5.41) is 16.4. The number of aromatic nitrogens is 1. The van der Waals surface area contributed by atoms with Gasteiger partial charge in [-0.05, 0) is 13.0 Å². The SMILES string of the molecule is CCCNC1(Cc2cc(CCO)on2)COC1. The van der Waals surface area contributed by atoms with E-state index in [-0.39, 0.29) is 12.1 Å². The molecule has 1 aliphatic heterocycles. The quantitative estimate of drug-likeness (QED) is 0.727. The highest BCUT2D eigenvalue weighted by Crippen LogP contribution is 2.22. The molecule has 2 N–H and O–H groups in total. The molecule has 1 aliphatic rings. The van der Waals surface area contributed by atoms with Crippen LogP contribution in [0.25, 0.3) is 0 Å². The predicted molar refractivity (Wildman–Crippen MR) is 62.8 cm³/mol. The van der Waals surface area contributed by atoms with Crippen molar-refractivity contribution in [2.45, 2.75) is 31.7 Å². The summed E-state index contributed by atoms with van der Waals surface area (Å²) in [6, 6.07) is 1.92. The fourth-order valence-corrected chi connectivity index (χ4v) is 2.02. The van der Waals surface area contributed by atoms with Crippen LogP contribution in [0.5, 0.6) is 0 Å². The number of ether oxygens (including phenoxy) is 1. The maximum absolute atomic E-state index is 8.81. The summed E-state index contributed by atoms with van der Waals surface area (Å²) >= 11 is 0. The Bertz CT molecular complexity index is 347. The van der Waals surface area contributed by atoms with E-state index in [1.807, 2.05) is 6.07 Å². The summed E-state index contributed by atoms with van der Waals surface area (Å²) in [5.41, 5.74) is 0.962. The highest BCUT2D eigenvalue weighted by molar-refractivity contribution is 5.12. The van der Waals surface area contributed by atoms with Crippen LogP contribution in [-0.2, 0) is 17.6 Å². The zero-order chi connectivity index (χ0) is 12.1. The molecule has 0 spiro atoms. The van der Waals surface area contributed by atoms with Crippen LogP contribution in [0.4, 0.5) is 0 Å². The molecular formula is C12H20N2O3. The molecule has 17 heavy (non-hydrogen) atoms. The van der Waals surface area contributed by atoms with E-state index in [1.165, 1.54) is 0 Å². The Kier molecular flexibility index (Phi) is 4.15. The van der Waals surface area contributed by atoms with Crippen LogP contribution in [0, 0.1) is 0 Å². The molecule has 0 unspecified atom stereocenters. The van der Waals surface area contributed by atoms with Crippen LogP contribution in [0.2, 0.25) is 0 Å². The Morgan fingerprint density at radius 2 is 2.35 bits per heavy atom. The summed E-state index contributed by atoms with van der Waals surface area (Å²) in [7, 11) is 0. The lowest BCUT2D eigenvalue weighted by molar-refractivity contribution is -0.0743. The largest absolute Gasteiger partial charge is 0.396 e. The highest BCUT2D eigenvalue weighted by atomic mass is 16.5. The molecule has 0 aromatic carbocycles. The van der Waals surface area contributed by atoms with Crippen molar-refractivity contribution >= 4 is 0 Å². The van der Waals surface area contributed by atoms with Gasteiger partial charge >= 0.3 is 0 Å². The maximum atomic E-state index is 8.81. The molecule has 0 radical (unpaired) electrons. The first-order chi connectivity index (χ1) is 8.28. The third-order valence-electron chi connectivity index (χ3n) is 2.99. The van der Waals surface area contributed by atoms with Gasteiger partial charge in [0.25, 0.3) is 0 Å². The summed E-state index contributed by atoms with van der Waals surface area (Å²) in [5.74, 6) is 0.744. The predicted octanol–water partition coefficient (Wildman–Crippen LogP) is 0.520. The van der Waals surface area contributed by atoms with E-state index in [2.05, 4.69) is 17.4 Å². The van der Waals surface area contributed by atoms with Gasteiger partial charge in [-0.1, -0.05) is 12.1 Å². The maximum Gasteiger partial charge on any atom is 0.139 e. The number of aliphatic hydroxyl groups excluding tert-OH is 1. The van der Waals surface area contributed by atoms with Crippen LogP contribution >= 0.6 is 0 Å². The first-order valence-electron chi connectivity index (χ1n) is 6.16. The van der Waals surface area contributed by atoms with Gasteiger partial charge in [0.05, 0.1) is 31.1 Å². The van der Waals surface area contributed by atoms with E-state index in [9.17, 15) is 0 Å². The lowest BCUT2D eigenvalue weighted by atomic mass is 9.91. The van der Waals surface area contributed by atoms with Crippen LogP contribution in [-0.4, -0.2) is 42.2 Å². The van der Waals surface area contributed by atoms with E-state index in [0.29, 0.717) is 6.42 Å². The van der Waals surface area contributed by atoms with Gasteiger partial charge < -0.3 is 19.7 Å². The molecule has 0 bridgehead atoms. The first kappa shape index (κ1) is 12.5. The summed E-state index contributed by atoms with van der Waals surface area (Å²) in [4.78, 5) is 0. The molecule has 2 rings (SSSR count). The number of nitrogens with one attached hydrogen (secondary N) is 1. The average Bonchev–Trinajstić information content (AvgIpc) is 2.70. The molecule has 1 aromatic rings. The van der Waals surface area contributed by atoms with Crippen molar-refractivity contribution in [2.24, 2.45) is 0 Å². The van der Waals surface area contributed by atoms with Gasteiger partial charge in [-0.3, -0.25) is 0 Å². The molecular weight excluding hydrogens is 220 g/mol. The molecule has 0 atom stereocenters. The second-order valence-corrected chi connectivity index (χ2v) is 4.63. The number of rotatable bonds is 7. The van der Waals surface area contributed by atoms with Crippen molar-refractivity contribution in [1.29, 1.82) is 0 Å². The lowest BCUT2D eigenvalue weighted by Crippen LogP contribution is -2.62. The molecule has 96 valence electrons. The Hall–Kier alpha value is -0.910. The number of hydrogen-bond donors (Lipinski definition) is 2. The van der Waals surface area contributed by atoms with Gasteiger partial charge in [0.1, 0.15) is 5.76 Å². The second kappa shape index (κ2) is 5.62. The van der Waals surface area contributed by atoms with Gasteiger partial charge in [-0.25, -0.2) is 0 Å². The third-order valence-corrected chi connectivity index (χ3v) is 2.99. The van der Waals surface area contributed by atoms with Crippen molar-refractivity contribution in [3.05, 3.63) is 17.5 Å². The van der Waals surface area contributed by atoms with Crippen molar-refractivity contribution in [2.75, 3.05) is 26.4 Å². The summed E-state index contributed by atoms with van der Waals surface area (Å²) in [6.07, 6.45) is 2.46. The minimum absolute atomic E-state index is 0.0311. The van der Waals surface area contributed by atoms with Gasteiger partial charge in [0, 0.05) is 18.9 Å². The Balaban J connectivity index is 1.92. The Morgan fingerprint density at radius 3 is 2.94 bits per heavy atom. The van der Waals surface area contributed by atoms with Crippen LogP contribution < -0.4 is 5.32 Å². The van der Waals surface area contributed by atoms with Crippen molar-refractivity contribution in [3.63, 3.8) is 0 Å². The fourth-order valence-electron chi connectivity index (χ4n) is 2.02. The van der Waals surface area contributed by atoms with E-state index < -0.39 is 0 Å². The smallest absolute Gasteiger partial charge is 0.139 e. The molecule has 0 aliphatic carbocycles. The fraction of sp³-hybridized carbons (Fsp3) is 0.750. The van der Waals surface area contributed by atoms with Crippen molar-refractivity contribution in [3.8, 4) is 0 Å². The van der Waals surface area contributed by atoms with Crippen LogP contribution in [0.15, 0.2) is 10.6 Å². The lowest BCUT2D eigenvalue weighted by Gasteiger charge is -2.42. The van der Waals surface area contributed by atoms with Crippen LogP contribution in [0.3, 0.4) is 0 Å². The summed E-state index contributed by atoms with van der Waals surface area (Å²) in [6.45, 7) is 4.70. The molecule has 0 amide bonds. The molecule has 1 fully saturated rings. The normalized spacial score (nSPS) is 18.0. The van der Waals surface area contributed by atoms with Gasteiger partial charge in [0.2, 0.25) is 0 Å². The monoisotopic (exact) mass is 240 g/mol. The number of aliphatic hydroxyl groups is 1. The second-order valence-electron chi connectivity index (χ2n) is 4.63. The zero-order valence-corrected chi connectivity index (χ0v) is 10.2. The van der Waals surface area contributed by atoms with E-state index in [4.69, 9.17) is 14.4 Å². The topological polar surface area (TPSA) is 67.5 Å². The Morgan fingerprint density at radius 1 is 1.53 bits per heavy atom. The molecule has 1 aromatic heterocycles. The van der Waals surface area contributed by atoms with Crippen molar-refractivity contribution < 1.29 is 14.4 Å². The number of nitrogens with zero attached hydrogens (tertiary/aromatic N) is 1. The number of hydrogen-bond acceptors (Lipinski definition) is 5. The minimum atomic E-state index is 0.0311. The van der Waals surface area contributed by atoms with Gasteiger partial charge in [-0.2, -0.15) is 0 Å². The standard InChI is InChI=1S/C12H20N2O3/c1-2-4-13-12(8-16-9-12)7-10-6-11(3-5-15)17-14-10/h6,13,15H,2-5,7-9H2,1H3. The van der Waals surface area contributed by atoms with Crippen LogP contribution in [0.1, 0.15) is 24.8 Å². The first-order valence-corrected chi connectivity index (χ1v) is 6.16. The van der Waals surface area contributed by atoms with E-state index in [1.54, 1.807) is 0 Å². The highest BCUT2D eigenvalue weighted by Gasteiger charge is 2.38. The average molecular weight is 240 g/mol. The van der Waals surface area contributed by atoms with Crippen molar-refractivity contribution in [1.82, 2.24) is 10.5 Å². The molecule has 5 nitrogen and oxygen atoms in total. The van der Waals surface area contributed by atoms with E-state index >= 15 is 0 Å². The van der Waals surface area contributed by atoms with Gasteiger partial charge in [0.15, 0.2) is 0 Å².